The summed E-state index contributed by atoms with van der Waals surface area (Å²) in [6.07, 6.45) is 0.423. The minimum Gasteiger partial charge on any atom is -0.507 e. The molecule has 3 aromatic rings. The SMILES string of the molecule is CCOc1cc(/C(O)=C2/C(=O)C(=O)N(CCc3ccc(F)cc3)C2c2ccccc2)ccc1Cl. The second-order valence-electron chi connectivity index (χ2n) is 7.86. The van der Waals surface area contributed by atoms with Crippen LogP contribution < -0.4 is 4.74 Å². The number of nitrogens with zero attached hydrogens (tertiary/aromatic N) is 1. The number of hydrogen-bond acceptors (Lipinski definition) is 4. The summed E-state index contributed by atoms with van der Waals surface area (Å²) in [7, 11) is 0. The number of rotatable bonds is 7. The monoisotopic (exact) mass is 479 g/mol. The van der Waals surface area contributed by atoms with E-state index in [0.29, 0.717) is 34.9 Å². The molecule has 1 amide bonds. The topological polar surface area (TPSA) is 66.8 Å². The van der Waals surface area contributed by atoms with Gasteiger partial charge in [0.1, 0.15) is 17.3 Å². The van der Waals surface area contributed by atoms with Crippen LogP contribution in [0.3, 0.4) is 0 Å². The van der Waals surface area contributed by atoms with Crippen LogP contribution in [-0.4, -0.2) is 34.8 Å². The minimum atomic E-state index is -0.770. The number of Topliss-reactive ketones (excluding diaryl/α,β-unsaturated/α-hetero) is 1. The van der Waals surface area contributed by atoms with E-state index in [2.05, 4.69) is 0 Å². The van der Waals surface area contributed by atoms with Crippen molar-refractivity contribution in [1.82, 2.24) is 4.90 Å². The Labute approximate surface area is 202 Å². The van der Waals surface area contributed by atoms with Crippen LogP contribution in [-0.2, 0) is 16.0 Å². The van der Waals surface area contributed by atoms with Crippen LogP contribution in [0, 0.1) is 5.82 Å². The molecule has 0 aliphatic carbocycles. The van der Waals surface area contributed by atoms with E-state index in [-0.39, 0.29) is 23.7 Å². The van der Waals surface area contributed by atoms with Crippen molar-refractivity contribution in [3.63, 3.8) is 0 Å². The number of carbonyl (C=O) groups is 2. The van der Waals surface area contributed by atoms with Gasteiger partial charge in [-0.2, -0.15) is 0 Å². The number of ether oxygens (including phenoxy) is 1. The molecule has 0 aromatic heterocycles. The molecular weight excluding hydrogens is 457 g/mol. The average molecular weight is 480 g/mol. The van der Waals surface area contributed by atoms with Crippen molar-refractivity contribution in [1.29, 1.82) is 0 Å². The smallest absolute Gasteiger partial charge is 0.295 e. The minimum absolute atomic E-state index is 0.0000713. The Morgan fingerprint density at radius 1 is 1.06 bits per heavy atom. The second-order valence-corrected chi connectivity index (χ2v) is 8.27. The van der Waals surface area contributed by atoms with Gasteiger partial charge in [0, 0.05) is 12.1 Å². The average Bonchev–Trinajstić information content (AvgIpc) is 3.10. The lowest BCUT2D eigenvalue weighted by Crippen LogP contribution is -2.31. The van der Waals surface area contributed by atoms with E-state index in [0.717, 1.165) is 5.56 Å². The third-order valence-electron chi connectivity index (χ3n) is 5.71. The predicted molar refractivity (Wildman–Crippen MR) is 128 cm³/mol. The van der Waals surface area contributed by atoms with Gasteiger partial charge in [-0.05, 0) is 54.8 Å². The fourth-order valence-corrected chi connectivity index (χ4v) is 4.24. The Hall–Kier alpha value is -3.64. The van der Waals surface area contributed by atoms with Gasteiger partial charge in [0.05, 0.1) is 23.2 Å². The van der Waals surface area contributed by atoms with E-state index in [9.17, 15) is 19.1 Å². The Morgan fingerprint density at radius 3 is 2.44 bits per heavy atom. The molecule has 1 fully saturated rings. The lowest BCUT2D eigenvalue weighted by Gasteiger charge is -2.25. The number of halogens is 2. The second kappa shape index (κ2) is 10.1. The van der Waals surface area contributed by atoms with Gasteiger partial charge >= 0.3 is 0 Å². The Kier molecular flexibility index (Phi) is 6.98. The number of hydrogen-bond donors (Lipinski definition) is 1. The van der Waals surface area contributed by atoms with Crippen molar-refractivity contribution in [2.24, 2.45) is 0 Å². The normalized spacial score (nSPS) is 17.3. The molecule has 34 heavy (non-hydrogen) atoms. The molecule has 1 unspecified atom stereocenters. The summed E-state index contributed by atoms with van der Waals surface area (Å²) in [4.78, 5) is 27.6. The van der Waals surface area contributed by atoms with E-state index in [1.165, 1.54) is 17.0 Å². The number of aliphatic hydroxyl groups is 1. The fraction of sp³-hybridized carbons (Fsp3) is 0.185. The van der Waals surface area contributed by atoms with Crippen molar-refractivity contribution in [2.75, 3.05) is 13.2 Å². The van der Waals surface area contributed by atoms with Crippen LogP contribution in [0.4, 0.5) is 4.39 Å². The standard InChI is InChI=1S/C27H23ClFNO4/c1-2-34-22-16-19(10-13-21(22)28)25(31)23-24(18-6-4-3-5-7-18)30(27(33)26(23)32)15-14-17-8-11-20(29)12-9-17/h3-13,16,24,31H,2,14-15H2,1H3/b25-23-. The molecule has 174 valence electrons. The molecule has 1 aliphatic heterocycles. The molecule has 0 bridgehead atoms. The Bertz CT molecular complexity index is 1240. The van der Waals surface area contributed by atoms with Crippen molar-refractivity contribution in [3.05, 3.63) is 106 Å². The molecule has 1 saturated heterocycles. The third kappa shape index (κ3) is 4.68. The van der Waals surface area contributed by atoms with Crippen molar-refractivity contribution >= 4 is 29.1 Å². The summed E-state index contributed by atoms with van der Waals surface area (Å²) in [5, 5.41) is 11.6. The van der Waals surface area contributed by atoms with Crippen molar-refractivity contribution in [2.45, 2.75) is 19.4 Å². The lowest BCUT2D eigenvalue weighted by molar-refractivity contribution is -0.139. The molecule has 1 N–H and O–H groups in total. The number of ketones is 1. The van der Waals surface area contributed by atoms with Crippen LogP contribution in [0.2, 0.25) is 5.02 Å². The first-order chi connectivity index (χ1) is 16.4. The molecule has 3 aromatic carbocycles. The van der Waals surface area contributed by atoms with Crippen LogP contribution in [0.25, 0.3) is 5.76 Å². The zero-order valence-electron chi connectivity index (χ0n) is 18.5. The molecule has 1 heterocycles. The largest absolute Gasteiger partial charge is 0.507 e. The van der Waals surface area contributed by atoms with Crippen LogP contribution in [0.5, 0.6) is 5.75 Å². The van der Waals surface area contributed by atoms with E-state index < -0.39 is 17.7 Å². The van der Waals surface area contributed by atoms with Crippen molar-refractivity contribution < 1.29 is 23.8 Å². The van der Waals surface area contributed by atoms with Crippen LogP contribution in [0.1, 0.15) is 29.7 Å². The number of benzene rings is 3. The highest BCUT2D eigenvalue weighted by Gasteiger charge is 2.45. The highest BCUT2D eigenvalue weighted by molar-refractivity contribution is 6.46. The fourth-order valence-electron chi connectivity index (χ4n) is 4.07. The molecule has 0 saturated carbocycles. The van der Waals surface area contributed by atoms with E-state index >= 15 is 0 Å². The summed E-state index contributed by atoms with van der Waals surface area (Å²) in [5.74, 6) is -1.73. The highest BCUT2D eigenvalue weighted by atomic mass is 35.5. The molecule has 5 nitrogen and oxygen atoms in total. The summed E-state index contributed by atoms with van der Waals surface area (Å²) in [6, 6.07) is 19.0. The first-order valence-electron chi connectivity index (χ1n) is 10.9. The van der Waals surface area contributed by atoms with E-state index in [1.807, 2.05) is 37.3 Å². The number of carbonyl (C=O) groups excluding carboxylic acids is 2. The molecule has 1 aliphatic rings. The quantitative estimate of drug-likeness (QED) is 0.274. The zero-order valence-corrected chi connectivity index (χ0v) is 19.3. The molecule has 1 atom stereocenters. The van der Waals surface area contributed by atoms with E-state index in [4.69, 9.17) is 16.3 Å². The van der Waals surface area contributed by atoms with E-state index in [1.54, 1.807) is 30.3 Å². The van der Waals surface area contributed by atoms with Gasteiger partial charge in [0.25, 0.3) is 11.7 Å². The number of aliphatic hydroxyl groups excluding tert-OH is 1. The lowest BCUT2D eigenvalue weighted by atomic mass is 9.95. The molecule has 7 heteroatoms. The van der Waals surface area contributed by atoms with Crippen LogP contribution in [0.15, 0.2) is 78.4 Å². The summed E-state index contributed by atoms with van der Waals surface area (Å²) < 4.78 is 18.8. The van der Waals surface area contributed by atoms with Gasteiger partial charge in [-0.3, -0.25) is 9.59 Å². The maximum Gasteiger partial charge on any atom is 0.295 e. The highest BCUT2D eigenvalue weighted by Crippen LogP contribution is 2.40. The van der Waals surface area contributed by atoms with Gasteiger partial charge in [0.2, 0.25) is 0 Å². The first-order valence-corrected chi connectivity index (χ1v) is 11.3. The van der Waals surface area contributed by atoms with Gasteiger partial charge in [0.15, 0.2) is 0 Å². The Balaban J connectivity index is 1.76. The summed E-state index contributed by atoms with van der Waals surface area (Å²) in [6.45, 7) is 2.41. The summed E-state index contributed by atoms with van der Waals surface area (Å²) in [5.41, 5.74) is 1.85. The maximum atomic E-state index is 13.3. The Morgan fingerprint density at radius 2 is 1.76 bits per heavy atom. The molecule has 0 spiro atoms. The zero-order chi connectivity index (χ0) is 24.2. The van der Waals surface area contributed by atoms with Crippen molar-refractivity contribution in [3.8, 4) is 5.75 Å². The summed E-state index contributed by atoms with van der Waals surface area (Å²) >= 11 is 6.17. The van der Waals surface area contributed by atoms with Gasteiger partial charge < -0.3 is 14.7 Å². The number of likely N-dealkylation sites (tertiary alicyclic amines) is 1. The van der Waals surface area contributed by atoms with Gasteiger partial charge in [-0.25, -0.2) is 4.39 Å². The molecule has 0 radical (unpaired) electrons. The van der Waals surface area contributed by atoms with Gasteiger partial charge in [-0.1, -0.05) is 54.1 Å². The maximum absolute atomic E-state index is 13.3. The molecular formula is C27H23ClFNO4. The van der Waals surface area contributed by atoms with Gasteiger partial charge in [-0.15, -0.1) is 0 Å². The third-order valence-corrected chi connectivity index (χ3v) is 6.03. The predicted octanol–water partition coefficient (Wildman–Crippen LogP) is 5.54. The first kappa shape index (κ1) is 23.5. The van der Waals surface area contributed by atoms with Crippen LogP contribution >= 0.6 is 11.6 Å². The number of amides is 1. The molecule has 4 rings (SSSR count).